The summed E-state index contributed by atoms with van der Waals surface area (Å²) in [7, 11) is 1.39. The third kappa shape index (κ3) is 5.47. The minimum Gasteiger partial charge on any atom is -0.492 e. The number of aryl methyl sites for hydroxylation is 1. The molecule has 1 aliphatic heterocycles. The second-order valence-electron chi connectivity index (χ2n) is 7.85. The smallest absolute Gasteiger partial charge is 0.307 e. The van der Waals surface area contributed by atoms with E-state index in [1.165, 1.54) is 7.11 Å². The highest BCUT2D eigenvalue weighted by atomic mass is 16.5. The molecule has 1 aliphatic rings. The molecule has 2 aromatic rings. The summed E-state index contributed by atoms with van der Waals surface area (Å²) in [6.45, 7) is 10.8. The van der Waals surface area contributed by atoms with Gasteiger partial charge in [-0.05, 0) is 39.0 Å². The summed E-state index contributed by atoms with van der Waals surface area (Å²) < 4.78 is 12.5. The maximum atomic E-state index is 13.0. The number of anilines is 1. The maximum Gasteiger partial charge on any atom is 0.307 e. The lowest BCUT2D eigenvalue weighted by atomic mass is 10.1. The van der Waals surface area contributed by atoms with Crippen LogP contribution in [0.15, 0.2) is 30.3 Å². The number of rotatable bonds is 9. The second-order valence-corrected chi connectivity index (χ2v) is 7.85. The summed E-state index contributed by atoms with van der Waals surface area (Å²) in [5.41, 5.74) is 3.76. The minimum atomic E-state index is -0.246. The Kier molecular flexibility index (Phi) is 7.74. The van der Waals surface area contributed by atoms with Gasteiger partial charge in [-0.25, -0.2) is 0 Å². The first kappa shape index (κ1) is 22.9. The van der Waals surface area contributed by atoms with Crippen LogP contribution in [0, 0.1) is 13.8 Å². The summed E-state index contributed by atoms with van der Waals surface area (Å²) in [6.07, 6.45) is 0.297. The number of methoxy groups -OCH3 is 1. The zero-order valence-corrected chi connectivity index (χ0v) is 19.0. The molecule has 0 spiro atoms. The second kappa shape index (κ2) is 10.5. The van der Waals surface area contributed by atoms with Gasteiger partial charge in [0.2, 0.25) is 0 Å². The van der Waals surface area contributed by atoms with Crippen molar-refractivity contribution in [2.75, 3.05) is 51.3 Å². The maximum absolute atomic E-state index is 13.0. The molecule has 0 atom stereocenters. The van der Waals surface area contributed by atoms with Crippen molar-refractivity contribution in [2.45, 2.75) is 33.7 Å². The Morgan fingerprint density at radius 3 is 2.45 bits per heavy atom. The number of aromatic nitrogens is 1. The van der Waals surface area contributed by atoms with E-state index >= 15 is 0 Å². The Bertz CT molecular complexity index is 914. The molecule has 3 rings (SSSR count). The van der Waals surface area contributed by atoms with E-state index in [-0.39, 0.29) is 11.8 Å². The number of piperazine rings is 1. The Labute approximate surface area is 184 Å². The topological polar surface area (TPSA) is 64.0 Å². The van der Waals surface area contributed by atoms with Crippen molar-refractivity contribution in [1.29, 1.82) is 0 Å². The predicted octanol–water partition coefficient (Wildman–Crippen LogP) is 3.07. The zero-order chi connectivity index (χ0) is 22.4. The number of nitrogens with zero attached hydrogens (tertiary/aromatic N) is 3. The normalized spacial score (nSPS) is 14.5. The standard InChI is InChI=1S/C24H33N3O4/c1-5-31-23-9-7-6-8-21(23)26-14-12-25(13-15-26)17-22(28)20-16-18(2)27(19(20)3)11-10-24(29)30-4/h6-9,16H,5,10-15,17H2,1-4H3. The number of hydrogen-bond acceptors (Lipinski definition) is 6. The van der Waals surface area contributed by atoms with E-state index in [4.69, 9.17) is 9.47 Å². The Hall–Kier alpha value is -2.80. The number of carbonyl (C=O) groups excluding carboxylic acids is 2. The average molecular weight is 428 g/mol. The van der Waals surface area contributed by atoms with Gasteiger partial charge >= 0.3 is 5.97 Å². The molecule has 1 aromatic heterocycles. The highest BCUT2D eigenvalue weighted by molar-refractivity contribution is 5.99. The Morgan fingerprint density at radius 2 is 1.77 bits per heavy atom. The highest BCUT2D eigenvalue weighted by Gasteiger charge is 2.23. The number of benzene rings is 1. The number of Topliss-reactive ketones (excluding diaryl/α,β-unsaturated/α-hetero) is 1. The monoisotopic (exact) mass is 427 g/mol. The summed E-state index contributed by atoms with van der Waals surface area (Å²) in [6, 6.07) is 10.1. The van der Waals surface area contributed by atoms with Gasteiger partial charge in [-0.15, -0.1) is 0 Å². The van der Waals surface area contributed by atoms with Gasteiger partial charge in [0, 0.05) is 49.7 Å². The SMILES string of the molecule is CCOc1ccccc1N1CCN(CC(=O)c2cc(C)n(CCC(=O)OC)c2C)CC1. The van der Waals surface area contributed by atoms with Crippen LogP contribution in [0.1, 0.15) is 35.1 Å². The van der Waals surface area contributed by atoms with Crippen LogP contribution in [-0.4, -0.2) is 67.7 Å². The number of esters is 1. The minimum absolute atomic E-state index is 0.126. The Balaban J connectivity index is 1.59. The van der Waals surface area contributed by atoms with E-state index < -0.39 is 0 Å². The van der Waals surface area contributed by atoms with Crippen LogP contribution in [0.25, 0.3) is 0 Å². The molecule has 0 saturated carbocycles. The van der Waals surface area contributed by atoms with Crippen molar-refractivity contribution >= 4 is 17.4 Å². The van der Waals surface area contributed by atoms with Gasteiger partial charge in [0.25, 0.3) is 0 Å². The molecule has 0 radical (unpaired) electrons. The van der Waals surface area contributed by atoms with E-state index in [9.17, 15) is 9.59 Å². The van der Waals surface area contributed by atoms with Crippen LogP contribution in [-0.2, 0) is 16.1 Å². The molecule has 1 fully saturated rings. The molecule has 0 unspecified atom stereocenters. The summed E-state index contributed by atoms with van der Waals surface area (Å²) in [4.78, 5) is 29.0. The van der Waals surface area contributed by atoms with Crippen molar-refractivity contribution in [3.05, 3.63) is 47.3 Å². The number of ether oxygens (including phenoxy) is 2. The third-order valence-electron chi connectivity index (χ3n) is 5.89. The molecule has 1 saturated heterocycles. The van der Waals surface area contributed by atoms with Crippen LogP contribution in [0.4, 0.5) is 5.69 Å². The molecule has 2 heterocycles. The van der Waals surface area contributed by atoms with Crippen molar-refractivity contribution in [2.24, 2.45) is 0 Å². The van der Waals surface area contributed by atoms with Crippen LogP contribution in [0.5, 0.6) is 5.75 Å². The molecule has 168 valence electrons. The number of carbonyl (C=O) groups is 2. The molecular weight excluding hydrogens is 394 g/mol. The van der Waals surface area contributed by atoms with Gasteiger partial charge in [-0.1, -0.05) is 12.1 Å². The molecule has 7 nitrogen and oxygen atoms in total. The largest absolute Gasteiger partial charge is 0.492 e. The number of para-hydroxylation sites is 2. The first-order chi connectivity index (χ1) is 14.9. The van der Waals surface area contributed by atoms with Gasteiger partial charge in [0.1, 0.15) is 5.75 Å². The fourth-order valence-electron chi connectivity index (χ4n) is 4.16. The van der Waals surface area contributed by atoms with E-state index in [1.54, 1.807) is 0 Å². The molecule has 0 N–H and O–H groups in total. The van der Waals surface area contributed by atoms with Gasteiger partial charge in [0.05, 0.1) is 32.4 Å². The lowest BCUT2D eigenvalue weighted by Gasteiger charge is -2.36. The summed E-state index contributed by atoms with van der Waals surface area (Å²) in [5, 5.41) is 0. The fourth-order valence-corrected chi connectivity index (χ4v) is 4.16. The molecule has 0 bridgehead atoms. The third-order valence-corrected chi connectivity index (χ3v) is 5.89. The summed E-state index contributed by atoms with van der Waals surface area (Å²) >= 11 is 0. The molecular formula is C24H33N3O4. The van der Waals surface area contributed by atoms with Gasteiger partial charge in [-0.3, -0.25) is 14.5 Å². The molecule has 1 aromatic carbocycles. The fraction of sp³-hybridized carbons (Fsp3) is 0.500. The first-order valence-corrected chi connectivity index (χ1v) is 10.9. The lowest BCUT2D eigenvalue weighted by Crippen LogP contribution is -2.48. The quantitative estimate of drug-likeness (QED) is 0.453. The van der Waals surface area contributed by atoms with Gasteiger partial charge in [-0.2, -0.15) is 0 Å². The van der Waals surface area contributed by atoms with Gasteiger partial charge < -0.3 is 18.9 Å². The van der Waals surface area contributed by atoms with Crippen molar-refractivity contribution in [1.82, 2.24) is 9.47 Å². The first-order valence-electron chi connectivity index (χ1n) is 10.9. The van der Waals surface area contributed by atoms with Crippen molar-refractivity contribution in [3.8, 4) is 5.75 Å². The Morgan fingerprint density at radius 1 is 1.06 bits per heavy atom. The van der Waals surface area contributed by atoms with Crippen LogP contribution in [0.3, 0.4) is 0 Å². The van der Waals surface area contributed by atoms with E-state index in [0.29, 0.717) is 26.1 Å². The molecule has 7 heteroatoms. The predicted molar refractivity (Wildman–Crippen MR) is 121 cm³/mol. The van der Waals surface area contributed by atoms with E-state index in [1.807, 2.05) is 49.6 Å². The van der Waals surface area contributed by atoms with E-state index in [2.05, 4.69) is 15.9 Å². The van der Waals surface area contributed by atoms with E-state index in [0.717, 1.165) is 54.6 Å². The number of ketones is 1. The van der Waals surface area contributed by atoms with Crippen molar-refractivity contribution < 1.29 is 19.1 Å². The van der Waals surface area contributed by atoms with Gasteiger partial charge in [0.15, 0.2) is 5.78 Å². The lowest BCUT2D eigenvalue weighted by molar-refractivity contribution is -0.140. The molecule has 31 heavy (non-hydrogen) atoms. The average Bonchev–Trinajstić information content (AvgIpc) is 3.06. The van der Waals surface area contributed by atoms with Crippen LogP contribution < -0.4 is 9.64 Å². The molecule has 0 amide bonds. The van der Waals surface area contributed by atoms with Crippen LogP contribution in [0.2, 0.25) is 0 Å². The highest BCUT2D eigenvalue weighted by Crippen LogP contribution is 2.29. The zero-order valence-electron chi connectivity index (χ0n) is 19.0. The number of hydrogen-bond donors (Lipinski definition) is 0. The van der Waals surface area contributed by atoms with Crippen LogP contribution >= 0.6 is 0 Å². The molecule has 0 aliphatic carbocycles. The van der Waals surface area contributed by atoms with Crippen molar-refractivity contribution in [3.63, 3.8) is 0 Å². The summed E-state index contributed by atoms with van der Waals surface area (Å²) in [5.74, 6) is 0.790.